The highest BCUT2D eigenvalue weighted by atomic mass is 19.1. The smallest absolute Gasteiger partial charge is 0.193 e. The molecule has 1 N–H and O–H groups in total. The maximum Gasteiger partial charge on any atom is 0.193 e. The molecule has 0 radical (unpaired) electrons. The second-order valence-corrected chi connectivity index (χ2v) is 4.92. The van der Waals surface area contributed by atoms with Crippen molar-refractivity contribution in [1.29, 1.82) is 0 Å². The molecule has 0 fully saturated rings. The van der Waals surface area contributed by atoms with Gasteiger partial charge in [0, 0.05) is 40.9 Å². The van der Waals surface area contributed by atoms with Crippen molar-refractivity contribution in [3.63, 3.8) is 0 Å². The van der Waals surface area contributed by atoms with Crippen LogP contribution >= 0.6 is 0 Å². The lowest BCUT2D eigenvalue weighted by Gasteiger charge is -2.22. The first-order valence-corrected chi connectivity index (χ1v) is 7.40. The summed E-state index contributed by atoms with van der Waals surface area (Å²) in [5.41, 5.74) is 1.04. The van der Waals surface area contributed by atoms with Crippen molar-refractivity contribution in [3.05, 3.63) is 35.6 Å². The number of methoxy groups -OCH3 is 1. The van der Waals surface area contributed by atoms with E-state index in [0.29, 0.717) is 26.4 Å². The van der Waals surface area contributed by atoms with Crippen molar-refractivity contribution in [2.45, 2.75) is 13.0 Å². The summed E-state index contributed by atoms with van der Waals surface area (Å²) in [5.74, 6) is 0.587. The van der Waals surface area contributed by atoms with Crippen LogP contribution in [0.5, 0.6) is 0 Å². The van der Waals surface area contributed by atoms with E-state index in [4.69, 9.17) is 9.47 Å². The van der Waals surface area contributed by atoms with Crippen LogP contribution in [0.15, 0.2) is 29.3 Å². The molecule has 124 valence electrons. The van der Waals surface area contributed by atoms with Gasteiger partial charge in [-0.05, 0) is 24.1 Å². The summed E-state index contributed by atoms with van der Waals surface area (Å²) in [6.07, 6.45) is 0.896. The van der Waals surface area contributed by atoms with Crippen LogP contribution in [-0.2, 0) is 16.0 Å². The topological polar surface area (TPSA) is 46.1 Å². The van der Waals surface area contributed by atoms with Crippen LogP contribution in [0.4, 0.5) is 4.39 Å². The molecule has 0 heterocycles. The van der Waals surface area contributed by atoms with Gasteiger partial charge in [-0.2, -0.15) is 0 Å². The number of halogens is 1. The maximum atomic E-state index is 12.9. The Morgan fingerprint density at radius 2 is 1.95 bits per heavy atom. The normalized spacial score (nSPS) is 11.5. The molecule has 1 aromatic carbocycles. The molecule has 0 unspecified atom stereocenters. The van der Waals surface area contributed by atoms with Crippen LogP contribution in [0.2, 0.25) is 0 Å². The largest absolute Gasteiger partial charge is 0.382 e. The van der Waals surface area contributed by atoms with E-state index >= 15 is 0 Å². The van der Waals surface area contributed by atoms with Gasteiger partial charge in [-0.3, -0.25) is 4.99 Å². The molecule has 0 aromatic heterocycles. The Morgan fingerprint density at radius 3 is 2.59 bits per heavy atom. The standard InChI is InChI=1S/C16H26FN3O2/c1-18-16(19-9-4-10-22-12-11-21-3)20(2)13-14-5-7-15(17)8-6-14/h5-8H,4,9-13H2,1-3H3,(H,18,19). The molecule has 0 atom stereocenters. The first-order valence-electron chi connectivity index (χ1n) is 7.40. The summed E-state index contributed by atoms with van der Waals surface area (Å²) in [6, 6.07) is 6.50. The second kappa shape index (κ2) is 11.0. The molecule has 0 aliphatic rings. The third-order valence-electron chi connectivity index (χ3n) is 3.09. The number of ether oxygens (including phenoxy) is 2. The lowest BCUT2D eigenvalue weighted by atomic mass is 10.2. The van der Waals surface area contributed by atoms with Crippen molar-refractivity contribution in [3.8, 4) is 0 Å². The summed E-state index contributed by atoms with van der Waals surface area (Å²) in [4.78, 5) is 6.24. The second-order valence-electron chi connectivity index (χ2n) is 4.92. The van der Waals surface area contributed by atoms with Gasteiger partial charge >= 0.3 is 0 Å². The van der Waals surface area contributed by atoms with Gasteiger partial charge in [0.25, 0.3) is 0 Å². The van der Waals surface area contributed by atoms with Crippen LogP contribution in [-0.4, -0.2) is 58.4 Å². The highest BCUT2D eigenvalue weighted by molar-refractivity contribution is 5.79. The quantitative estimate of drug-likeness (QED) is 0.430. The van der Waals surface area contributed by atoms with E-state index in [1.165, 1.54) is 12.1 Å². The van der Waals surface area contributed by atoms with Gasteiger partial charge in [-0.25, -0.2) is 4.39 Å². The Labute approximate surface area is 132 Å². The number of benzene rings is 1. The number of rotatable bonds is 9. The zero-order valence-corrected chi connectivity index (χ0v) is 13.6. The molecule has 0 aliphatic heterocycles. The van der Waals surface area contributed by atoms with Gasteiger partial charge in [0.2, 0.25) is 0 Å². The Kier molecular flexibility index (Phi) is 9.18. The van der Waals surface area contributed by atoms with Crippen molar-refractivity contribution in [2.75, 3.05) is 47.6 Å². The van der Waals surface area contributed by atoms with E-state index in [2.05, 4.69) is 10.3 Å². The van der Waals surface area contributed by atoms with Gasteiger partial charge in [0.05, 0.1) is 13.2 Å². The first-order chi connectivity index (χ1) is 10.7. The van der Waals surface area contributed by atoms with E-state index in [1.54, 1.807) is 26.3 Å². The molecule has 1 rings (SSSR count). The Bertz CT molecular complexity index is 438. The molecular weight excluding hydrogens is 285 g/mol. The number of aliphatic imine (C=N–C) groups is 1. The molecule has 0 spiro atoms. The molecule has 0 aliphatic carbocycles. The van der Waals surface area contributed by atoms with Crippen LogP contribution in [0.25, 0.3) is 0 Å². The lowest BCUT2D eigenvalue weighted by molar-refractivity contribution is 0.0698. The number of hydrogen-bond acceptors (Lipinski definition) is 3. The number of hydrogen-bond donors (Lipinski definition) is 1. The van der Waals surface area contributed by atoms with E-state index in [-0.39, 0.29) is 5.82 Å². The molecule has 0 bridgehead atoms. The fourth-order valence-electron chi connectivity index (χ4n) is 1.94. The number of nitrogens with zero attached hydrogens (tertiary/aromatic N) is 2. The fraction of sp³-hybridized carbons (Fsp3) is 0.562. The molecule has 22 heavy (non-hydrogen) atoms. The summed E-state index contributed by atoms with van der Waals surface area (Å²) >= 11 is 0. The Balaban J connectivity index is 2.27. The summed E-state index contributed by atoms with van der Waals surface area (Å²) in [6.45, 7) is 3.39. The summed E-state index contributed by atoms with van der Waals surface area (Å²) in [5, 5.41) is 3.28. The monoisotopic (exact) mass is 311 g/mol. The van der Waals surface area contributed by atoms with E-state index in [0.717, 1.165) is 24.5 Å². The van der Waals surface area contributed by atoms with Crippen molar-refractivity contribution in [1.82, 2.24) is 10.2 Å². The Hall–Kier alpha value is -1.66. The van der Waals surface area contributed by atoms with Gasteiger partial charge in [-0.15, -0.1) is 0 Å². The van der Waals surface area contributed by atoms with E-state index in [9.17, 15) is 4.39 Å². The van der Waals surface area contributed by atoms with Gasteiger partial charge in [-0.1, -0.05) is 12.1 Å². The third-order valence-corrected chi connectivity index (χ3v) is 3.09. The zero-order chi connectivity index (χ0) is 16.2. The highest BCUT2D eigenvalue weighted by Gasteiger charge is 2.06. The molecule has 0 saturated heterocycles. The minimum atomic E-state index is -0.220. The predicted molar refractivity (Wildman–Crippen MR) is 86.5 cm³/mol. The summed E-state index contributed by atoms with van der Waals surface area (Å²) in [7, 11) is 5.36. The zero-order valence-electron chi connectivity index (χ0n) is 13.6. The fourth-order valence-corrected chi connectivity index (χ4v) is 1.94. The SMILES string of the molecule is CN=C(NCCCOCCOC)N(C)Cc1ccc(F)cc1. The van der Waals surface area contributed by atoms with E-state index in [1.807, 2.05) is 11.9 Å². The van der Waals surface area contributed by atoms with Crippen molar-refractivity contribution >= 4 is 5.96 Å². The minimum Gasteiger partial charge on any atom is -0.382 e. The molecule has 5 nitrogen and oxygen atoms in total. The summed E-state index contributed by atoms with van der Waals surface area (Å²) < 4.78 is 23.2. The number of guanidine groups is 1. The maximum absolute atomic E-state index is 12.9. The number of nitrogens with one attached hydrogen (secondary N) is 1. The van der Waals surface area contributed by atoms with Crippen molar-refractivity contribution < 1.29 is 13.9 Å². The molecule has 0 saturated carbocycles. The predicted octanol–water partition coefficient (Wildman–Crippen LogP) is 1.89. The van der Waals surface area contributed by atoms with Gasteiger partial charge < -0.3 is 19.7 Å². The van der Waals surface area contributed by atoms with Crippen LogP contribution in [0, 0.1) is 5.82 Å². The lowest BCUT2D eigenvalue weighted by Crippen LogP contribution is -2.39. The van der Waals surface area contributed by atoms with Crippen LogP contribution in [0.1, 0.15) is 12.0 Å². The first kappa shape index (κ1) is 18.4. The van der Waals surface area contributed by atoms with Gasteiger partial charge in [0.1, 0.15) is 5.82 Å². The average molecular weight is 311 g/mol. The van der Waals surface area contributed by atoms with Crippen molar-refractivity contribution in [2.24, 2.45) is 4.99 Å². The molecule has 0 amide bonds. The molecule has 1 aromatic rings. The third kappa shape index (κ3) is 7.38. The van der Waals surface area contributed by atoms with Crippen LogP contribution in [0.3, 0.4) is 0 Å². The van der Waals surface area contributed by atoms with Crippen LogP contribution < -0.4 is 5.32 Å². The Morgan fingerprint density at radius 1 is 1.23 bits per heavy atom. The molecule has 6 heteroatoms. The average Bonchev–Trinajstić information content (AvgIpc) is 2.52. The minimum absolute atomic E-state index is 0.220. The highest BCUT2D eigenvalue weighted by Crippen LogP contribution is 2.05. The van der Waals surface area contributed by atoms with E-state index < -0.39 is 0 Å². The molecular formula is C16H26FN3O2. The van der Waals surface area contributed by atoms with Gasteiger partial charge in [0.15, 0.2) is 5.96 Å².